The smallest absolute Gasteiger partial charge is 0.336 e. The van der Waals surface area contributed by atoms with Crippen LogP contribution in [-0.2, 0) is 9.57 Å². The molecule has 0 saturated heterocycles. The largest absolute Gasteiger partial charge is 0.478 e. The normalized spacial score (nSPS) is 10.5. The first kappa shape index (κ1) is 15.0. The molecule has 0 aliphatic heterocycles. The lowest BCUT2D eigenvalue weighted by atomic mass is 9.99. The summed E-state index contributed by atoms with van der Waals surface area (Å²) in [5, 5.41) is 10.3. The minimum atomic E-state index is -1.08. The van der Waals surface area contributed by atoms with Crippen LogP contribution in [0, 0.1) is 0 Å². The zero-order valence-electron chi connectivity index (χ0n) is 11.5. The van der Waals surface area contributed by atoms with Crippen LogP contribution in [0.3, 0.4) is 0 Å². The highest BCUT2D eigenvalue weighted by Gasteiger charge is 2.16. The summed E-state index contributed by atoms with van der Waals surface area (Å²) in [6.45, 7) is 0.551. The standard InChI is InChI=1S/C15H15NO5/c1-20-8-9-21-16-14(17)11-6-2-4-10-5-3-7-12(13(10)11)15(18)19/h2-7H,8-9H2,1H3,(H,16,17)(H,18,19). The molecule has 2 N–H and O–H groups in total. The first-order valence-corrected chi connectivity index (χ1v) is 6.31. The Balaban J connectivity index is 2.35. The summed E-state index contributed by atoms with van der Waals surface area (Å²) in [6.07, 6.45) is 0. The van der Waals surface area contributed by atoms with Crippen LogP contribution in [0.15, 0.2) is 36.4 Å². The molecule has 0 heterocycles. The first-order chi connectivity index (χ1) is 10.1. The van der Waals surface area contributed by atoms with Gasteiger partial charge in [0, 0.05) is 12.5 Å². The quantitative estimate of drug-likeness (QED) is 0.626. The Morgan fingerprint density at radius 1 is 1.10 bits per heavy atom. The topological polar surface area (TPSA) is 84.9 Å². The Hall–Kier alpha value is -2.44. The molecule has 0 unspecified atom stereocenters. The van der Waals surface area contributed by atoms with Gasteiger partial charge in [0.1, 0.15) is 0 Å². The molecule has 0 spiro atoms. The van der Waals surface area contributed by atoms with Crippen molar-refractivity contribution in [2.45, 2.75) is 0 Å². The van der Waals surface area contributed by atoms with Crippen LogP contribution in [-0.4, -0.2) is 37.3 Å². The highest BCUT2D eigenvalue weighted by Crippen LogP contribution is 2.23. The molecule has 0 aromatic heterocycles. The van der Waals surface area contributed by atoms with Gasteiger partial charge >= 0.3 is 5.97 Å². The summed E-state index contributed by atoms with van der Waals surface area (Å²) in [4.78, 5) is 28.4. The number of rotatable bonds is 6. The number of carbonyl (C=O) groups is 2. The second-order valence-corrected chi connectivity index (χ2v) is 4.29. The van der Waals surface area contributed by atoms with E-state index in [1.165, 1.54) is 13.2 Å². The number of ether oxygens (including phenoxy) is 1. The predicted molar refractivity (Wildman–Crippen MR) is 76.2 cm³/mol. The molecule has 110 valence electrons. The third-order valence-electron chi connectivity index (χ3n) is 2.93. The number of carbonyl (C=O) groups excluding carboxylic acids is 1. The van der Waals surface area contributed by atoms with E-state index in [2.05, 4.69) is 5.48 Å². The number of carboxylic acid groups (broad SMARTS) is 1. The van der Waals surface area contributed by atoms with E-state index < -0.39 is 11.9 Å². The van der Waals surface area contributed by atoms with E-state index in [0.717, 1.165) is 0 Å². The van der Waals surface area contributed by atoms with Crippen molar-refractivity contribution in [3.8, 4) is 0 Å². The molecular formula is C15H15NO5. The Labute approximate surface area is 121 Å². The Bertz CT molecular complexity index is 663. The second kappa shape index (κ2) is 6.83. The number of nitrogens with one attached hydrogen (secondary N) is 1. The fraction of sp³-hybridized carbons (Fsp3) is 0.200. The van der Waals surface area contributed by atoms with Crippen molar-refractivity contribution in [3.05, 3.63) is 47.5 Å². The van der Waals surface area contributed by atoms with Crippen LogP contribution in [0.1, 0.15) is 20.7 Å². The van der Waals surface area contributed by atoms with E-state index in [0.29, 0.717) is 17.4 Å². The molecule has 0 atom stereocenters. The highest BCUT2D eigenvalue weighted by molar-refractivity contribution is 6.14. The summed E-state index contributed by atoms with van der Waals surface area (Å²) >= 11 is 0. The summed E-state index contributed by atoms with van der Waals surface area (Å²) < 4.78 is 4.80. The molecule has 21 heavy (non-hydrogen) atoms. The maximum Gasteiger partial charge on any atom is 0.336 e. The summed E-state index contributed by atoms with van der Waals surface area (Å²) in [7, 11) is 1.52. The lowest BCUT2D eigenvalue weighted by Crippen LogP contribution is -2.25. The van der Waals surface area contributed by atoms with Gasteiger partial charge in [-0.25, -0.2) is 10.3 Å². The molecule has 2 aromatic rings. The molecule has 0 saturated carbocycles. The van der Waals surface area contributed by atoms with Crippen molar-refractivity contribution in [2.75, 3.05) is 20.3 Å². The summed E-state index contributed by atoms with van der Waals surface area (Å²) in [5.74, 6) is -1.58. The number of hydroxylamine groups is 1. The third kappa shape index (κ3) is 3.36. The summed E-state index contributed by atoms with van der Waals surface area (Å²) in [6, 6.07) is 9.87. The zero-order chi connectivity index (χ0) is 15.2. The number of hydrogen-bond acceptors (Lipinski definition) is 4. The van der Waals surface area contributed by atoms with Crippen molar-refractivity contribution < 1.29 is 24.3 Å². The van der Waals surface area contributed by atoms with Gasteiger partial charge in [-0.3, -0.25) is 9.63 Å². The Kier molecular flexibility index (Phi) is 4.86. The maximum absolute atomic E-state index is 12.1. The van der Waals surface area contributed by atoms with Gasteiger partial charge < -0.3 is 9.84 Å². The lowest BCUT2D eigenvalue weighted by molar-refractivity contribution is 0.00899. The molecule has 1 amide bonds. The van der Waals surface area contributed by atoms with Gasteiger partial charge in [0.15, 0.2) is 0 Å². The number of aromatic carboxylic acids is 1. The van der Waals surface area contributed by atoms with Crippen molar-refractivity contribution in [3.63, 3.8) is 0 Å². The Morgan fingerprint density at radius 2 is 1.76 bits per heavy atom. The maximum atomic E-state index is 12.1. The van der Waals surface area contributed by atoms with E-state index >= 15 is 0 Å². The molecule has 2 rings (SSSR count). The van der Waals surface area contributed by atoms with Crippen LogP contribution in [0.2, 0.25) is 0 Å². The molecule has 0 aliphatic rings. The van der Waals surface area contributed by atoms with Crippen LogP contribution < -0.4 is 5.48 Å². The summed E-state index contributed by atoms with van der Waals surface area (Å²) in [5.41, 5.74) is 2.61. The van der Waals surface area contributed by atoms with Crippen LogP contribution in [0.4, 0.5) is 0 Å². The second-order valence-electron chi connectivity index (χ2n) is 4.29. The fourth-order valence-electron chi connectivity index (χ4n) is 2.00. The SMILES string of the molecule is COCCONC(=O)c1cccc2cccc(C(=O)O)c12. The first-order valence-electron chi connectivity index (χ1n) is 6.31. The van der Waals surface area contributed by atoms with Gasteiger partial charge in [-0.15, -0.1) is 0 Å². The average Bonchev–Trinajstić information content (AvgIpc) is 2.50. The van der Waals surface area contributed by atoms with Crippen molar-refractivity contribution in [1.82, 2.24) is 5.48 Å². The van der Waals surface area contributed by atoms with E-state index in [9.17, 15) is 14.7 Å². The molecule has 0 aliphatic carbocycles. The average molecular weight is 289 g/mol. The molecule has 0 fully saturated rings. The molecule has 6 nitrogen and oxygen atoms in total. The van der Waals surface area contributed by atoms with Gasteiger partial charge in [0.2, 0.25) is 0 Å². The Morgan fingerprint density at radius 3 is 2.38 bits per heavy atom. The number of fused-ring (bicyclic) bond motifs is 1. The number of amides is 1. The highest BCUT2D eigenvalue weighted by atomic mass is 16.7. The molecular weight excluding hydrogens is 274 g/mol. The number of hydrogen-bond donors (Lipinski definition) is 2. The number of methoxy groups -OCH3 is 1. The van der Waals surface area contributed by atoms with Gasteiger partial charge in [-0.2, -0.15) is 0 Å². The molecule has 0 radical (unpaired) electrons. The van der Waals surface area contributed by atoms with E-state index in [1.807, 2.05) is 0 Å². The van der Waals surface area contributed by atoms with E-state index in [-0.39, 0.29) is 17.7 Å². The molecule has 2 aromatic carbocycles. The van der Waals surface area contributed by atoms with E-state index in [1.54, 1.807) is 30.3 Å². The van der Waals surface area contributed by atoms with Gasteiger partial charge in [-0.1, -0.05) is 24.3 Å². The molecule has 6 heteroatoms. The zero-order valence-corrected chi connectivity index (χ0v) is 11.5. The van der Waals surface area contributed by atoms with Crippen LogP contribution in [0.5, 0.6) is 0 Å². The van der Waals surface area contributed by atoms with Crippen LogP contribution >= 0.6 is 0 Å². The van der Waals surface area contributed by atoms with Crippen molar-refractivity contribution in [2.24, 2.45) is 0 Å². The van der Waals surface area contributed by atoms with Crippen LogP contribution in [0.25, 0.3) is 10.8 Å². The van der Waals surface area contributed by atoms with Crippen molar-refractivity contribution >= 4 is 22.6 Å². The van der Waals surface area contributed by atoms with Gasteiger partial charge in [0.25, 0.3) is 5.91 Å². The third-order valence-corrected chi connectivity index (χ3v) is 2.93. The van der Waals surface area contributed by atoms with E-state index in [4.69, 9.17) is 9.57 Å². The minimum Gasteiger partial charge on any atom is -0.478 e. The molecule has 0 bridgehead atoms. The van der Waals surface area contributed by atoms with Crippen molar-refractivity contribution in [1.29, 1.82) is 0 Å². The lowest BCUT2D eigenvalue weighted by Gasteiger charge is -2.10. The van der Waals surface area contributed by atoms with Gasteiger partial charge in [-0.05, 0) is 17.5 Å². The number of carboxylic acids is 1. The fourth-order valence-corrected chi connectivity index (χ4v) is 2.00. The number of benzene rings is 2. The van der Waals surface area contributed by atoms with Gasteiger partial charge in [0.05, 0.1) is 24.3 Å². The predicted octanol–water partition coefficient (Wildman–Crippen LogP) is 1.85. The minimum absolute atomic E-state index is 0.0788. The monoisotopic (exact) mass is 289 g/mol.